The maximum absolute atomic E-state index is 12.8. The van der Waals surface area contributed by atoms with Gasteiger partial charge in [-0.15, -0.1) is 11.3 Å². The zero-order valence-corrected chi connectivity index (χ0v) is 17.1. The smallest absolute Gasteiger partial charge is 0.289 e. The second-order valence-electron chi connectivity index (χ2n) is 7.04. The minimum absolute atomic E-state index is 0.0221. The van der Waals surface area contributed by atoms with Crippen LogP contribution in [0.15, 0.2) is 53.1 Å². The SMILES string of the molecule is CCc1sc(NC(=O)C2CCN(C(=O)c3ccco3)CC2)nc1-c1ccccc1. The molecule has 0 radical (unpaired) electrons. The van der Waals surface area contributed by atoms with E-state index in [4.69, 9.17) is 4.42 Å². The highest BCUT2D eigenvalue weighted by molar-refractivity contribution is 7.16. The Balaban J connectivity index is 1.38. The summed E-state index contributed by atoms with van der Waals surface area (Å²) in [7, 11) is 0. The summed E-state index contributed by atoms with van der Waals surface area (Å²) in [6, 6.07) is 13.4. The number of rotatable bonds is 5. The Morgan fingerprint density at radius 3 is 2.59 bits per heavy atom. The van der Waals surface area contributed by atoms with Crippen LogP contribution in [0.1, 0.15) is 35.2 Å². The van der Waals surface area contributed by atoms with Crippen molar-refractivity contribution in [3.05, 3.63) is 59.4 Å². The number of nitrogens with zero attached hydrogens (tertiary/aromatic N) is 2. The predicted molar refractivity (Wildman–Crippen MR) is 113 cm³/mol. The van der Waals surface area contributed by atoms with Crippen molar-refractivity contribution < 1.29 is 14.0 Å². The van der Waals surface area contributed by atoms with Gasteiger partial charge in [0.25, 0.3) is 5.91 Å². The first kappa shape index (κ1) is 19.4. The molecule has 29 heavy (non-hydrogen) atoms. The molecule has 7 heteroatoms. The Labute approximate surface area is 173 Å². The van der Waals surface area contributed by atoms with Gasteiger partial charge in [0.05, 0.1) is 12.0 Å². The zero-order chi connectivity index (χ0) is 20.2. The number of likely N-dealkylation sites (tertiary alicyclic amines) is 1. The van der Waals surface area contributed by atoms with Crippen LogP contribution in [-0.2, 0) is 11.2 Å². The number of aromatic nitrogens is 1. The first-order valence-electron chi connectivity index (χ1n) is 9.84. The lowest BCUT2D eigenvalue weighted by Crippen LogP contribution is -2.41. The van der Waals surface area contributed by atoms with Crippen LogP contribution in [0.4, 0.5) is 5.13 Å². The Morgan fingerprint density at radius 1 is 1.17 bits per heavy atom. The molecular formula is C22H23N3O3S. The van der Waals surface area contributed by atoms with Gasteiger partial charge in [0.1, 0.15) is 0 Å². The standard InChI is InChI=1S/C22H23N3O3S/c1-2-18-19(15-7-4-3-5-8-15)23-22(29-18)24-20(26)16-10-12-25(13-11-16)21(27)17-9-6-14-28-17/h3-9,14,16H,2,10-13H2,1H3,(H,23,24,26). The van der Waals surface area contributed by atoms with Crippen LogP contribution in [-0.4, -0.2) is 34.8 Å². The minimum Gasteiger partial charge on any atom is -0.459 e. The number of benzene rings is 1. The molecule has 1 saturated heterocycles. The number of piperidine rings is 1. The van der Waals surface area contributed by atoms with Crippen molar-refractivity contribution in [3.63, 3.8) is 0 Å². The average Bonchev–Trinajstić information content (AvgIpc) is 3.44. The van der Waals surface area contributed by atoms with Crippen molar-refractivity contribution in [1.29, 1.82) is 0 Å². The second kappa shape index (κ2) is 8.61. The molecule has 0 bridgehead atoms. The van der Waals surface area contributed by atoms with Gasteiger partial charge in [-0.1, -0.05) is 37.3 Å². The highest BCUT2D eigenvalue weighted by Gasteiger charge is 2.29. The van der Waals surface area contributed by atoms with E-state index in [1.54, 1.807) is 17.0 Å². The molecule has 6 nitrogen and oxygen atoms in total. The molecule has 1 aromatic carbocycles. The lowest BCUT2D eigenvalue weighted by Gasteiger charge is -2.30. The van der Waals surface area contributed by atoms with Gasteiger partial charge in [-0.05, 0) is 31.4 Å². The molecule has 1 N–H and O–H groups in total. The van der Waals surface area contributed by atoms with Gasteiger partial charge in [-0.3, -0.25) is 9.59 Å². The van der Waals surface area contributed by atoms with Crippen LogP contribution in [0.25, 0.3) is 11.3 Å². The zero-order valence-electron chi connectivity index (χ0n) is 16.3. The summed E-state index contributed by atoms with van der Waals surface area (Å²) < 4.78 is 5.19. The first-order valence-corrected chi connectivity index (χ1v) is 10.7. The number of anilines is 1. The Kier molecular flexibility index (Phi) is 5.76. The third-order valence-corrected chi connectivity index (χ3v) is 6.30. The van der Waals surface area contributed by atoms with Gasteiger partial charge in [0.2, 0.25) is 5.91 Å². The van der Waals surface area contributed by atoms with E-state index in [9.17, 15) is 9.59 Å². The van der Waals surface area contributed by atoms with Crippen LogP contribution in [0, 0.1) is 5.92 Å². The van der Waals surface area contributed by atoms with Crippen LogP contribution in [0.2, 0.25) is 0 Å². The molecule has 3 aromatic rings. The van der Waals surface area contributed by atoms with E-state index in [0.29, 0.717) is 36.8 Å². The molecule has 0 saturated carbocycles. The fourth-order valence-corrected chi connectivity index (χ4v) is 4.50. The van der Waals surface area contributed by atoms with E-state index in [1.807, 2.05) is 30.3 Å². The van der Waals surface area contributed by atoms with E-state index in [0.717, 1.165) is 22.6 Å². The van der Waals surface area contributed by atoms with E-state index >= 15 is 0 Å². The number of thiazole rings is 1. The van der Waals surface area contributed by atoms with E-state index in [-0.39, 0.29) is 17.7 Å². The maximum atomic E-state index is 12.8. The fourth-order valence-electron chi connectivity index (χ4n) is 3.57. The first-order chi connectivity index (χ1) is 14.2. The minimum atomic E-state index is -0.121. The fraction of sp³-hybridized carbons (Fsp3) is 0.318. The number of furan rings is 1. The molecule has 1 aliphatic heterocycles. The number of carbonyl (C=O) groups excluding carboxylic acids is 2. The van der Waals surface area contributed by atoms with Gasteiger partial charge >= 0.3 is 0 Å². The molecule has 2 amide bonds. The van der Waals surface area contributed by atoms with Crippen molar-refractivity contribution in [1.82, 2.24) is 9.88 Å². The van der Waals surface area contributed by atoms with Gasteiger partial charge in [-0.2, -0.15) is 0 Å². The van der Waals surface area contributed by atoms with E-state index in [1.165, 1.54) is 17.6 Å². The van der Waals surface area contributed by atoms with E-state index < -0.39 is 0 Å². The summed E-state index contributed by atoms with van der Waals surface area (Å²) in [6.45, 7) is 3.19. The normalized spacial score (nSPS) is 14.7. The summed E-state index contributed by atoms with van der Waals surface area (Å²) >= 11 is 1.53. The van der Waals surface area contributed by atoms with Crippen molar-refractivity contribution in [3.8, 4) is 11.3 Å². The largest absolute Gasteiger partial charge is 0.459 e. The molecule has 0 spiro atoms. The number of carbonyl (C=O) groups is 2. The summed E-state index contributed by atoms with van der Waals surface area (Å²) in [5.74, 6) is 0.0843. The average molecular weight is 410 g/mol. The van der Waals surface area contributed by atoms with Crippen molar-refractivity contribution in [2.45, 2.75) is 26.2 Å². The molecule has 0 unspecified atom stereocenters. The highest BCUT2D eigenvalue weighted by Crippen LogP contribution is 2.32. The molecule has 4 rings (SSSR count). The quantitative estimate of drug-likeness (QED) is 0.675. The van der Waals surface area contributed by atoms with Crippen LogP contribution in [0.3, 0.4) is 0 Å². The van der Waals surface area contributed by atoms with Crippen LogP contribution < -0.4 is 5.32 Å². The van der Waals surface area contributed by atoms with Crippen LogP contribution >= 0.6 is 11.3 Å². The lowest BCUT2D eigenvalue weighted by molar-refractivity contribution is -0.121. The summed E-state index contributed by atoms with van der Waals surface area (Å²) in [5, 5.41) is 3.63. The number of hydrogen-bond acceptors (Lipinski definition) is 5. The Bertz CT molecular complexity index is 974. The Hall–Kier alpha value is -2.93. The van der Waals surface area contributed by atoms with E-state index in [2.05, 4.69) is 17.2 Å². The van der Waals surface area contributed by atoms with Gasteiger partial charge in [-0.25, -0.2) is 4.98 Å². The van der Waals surface area contributed by atoms with Crippen molar-refractivity contribution in [2.24, 2.45) is 5.92 Å². The number of nitrogens with one attached hydrogen (secondary N) is 1. The molecule has 150 valence electrons. The molecule has 0 atom stereocenters. The summed E-state index contributed by atoms with van der Waals surface area (Å²) in [6.07, 6.45) is 3.63. The molecule has 0 aliphatic carbocycles. The maximum Gasteiger partial charge on any atom is 0.289 e. The highest BCUT2D eigenvalue weighted by atomic mass is 32.1. The third kappa shape index (κ3) is 4.24. The molecule has 1 aliphatic rings. The van der Waals surface area contributed by atoms with Gasteiger partial charge in [0, 0.05) is 29.4 Å². The molecular weight excluding hydrogens is 386 g/mol. The molecule has 1 fully saturated rings. The number of amides is 2. The van der Waals surface area contributed by atoms with Crippen molar-refractivity contribution >= 4 is 28.3 Å². The second-order valence-corrected chi connectivity index (χ2v) is 8.13. The van der Waals surface area contributed by atoms with Gasteiger partial charge in [0.15, 0.2) is 10.9 Å². The summed E-state index contributed by atoms with van der Waals surface area (Å²) in [5.41, 5.74) is 2.00. The van der Waals surface area contributed by atoms with Crippen molar-refractivity contribution in [2.75, 3.05) is 18.4 Å². The molecule has 2 aromatic heterocycles. The predicted octanol–water partition coefficient (Wildman–Crippen LogP) is 4.46. The number of aryl methyl sites for hydroxylation is 1. The van der Waals surface area contributed by atoms with Crippen LogP contribution in [0.5, 0.6) is 0 Å². The monoisotopic (exact) mass is 409 g/mol. The topological polar surface area (TPSA) is 75.4 Å². The summed E-state index contributed by atoms with van der Waals surface area (Å²) in [4.78, 5) is 32.7. The third-order valence-electron chi connectivity index (χ3n) is 5.18. The number of hydrogen-bond donors (Lipinski definition) is 1. The Morgan fingerprint density at radius 2 is 1.93 bits per heavy atom. The lowest BCUT2D eigenvalue weighted by atomic mass is 9.96. The van der Waals surface area contributed by atoms with Gasteiger partial charge < -0.3 is 14.6 Å². The molecule has 3 heterocycles.